The number of hydrogen-bond donors (Lipinski definition) is 1. The fourth-order valence-electron chi connectivity index (χ4n) is 4.38. The van der Waals surface area contributed by atoms with Gasteiger partial charge in [0.05, 0.1) is 12.2 Å². The van der Waals surface area contributed by atoms with Gasteiger partial charge < -0.3 is 15.0 Å². The Hall–Kier alpha value is 0.170. The maximum atomic E-state index is 6.39. The summed E-state index contributed by atoms with van der Waals surface area (Å²) in [4.78, 5) is 2.68. The van der Waals surface area contributed by atoms with E-state index in [2.05, 4.69) is 24.1 Å². The minimum Gasteiger partial charge on any atom is -0.375 e. The fraction of sp³-hybridized carbons (Fsp3) is 1.00. The van der Waals surface area contributed by atoms with Gasteiger partial charge in [-0.3, -0.25) is 0 Å². The molecule has 1 unspecified atom stereocenters. The molecule has 0 aromatic carbocycles. The summed E-state index contributed by atoms with van der Waals surface area (Å²) in [5.41, 5.74) is 0.507. The Balaban J connectivity index is 0.00000176. The van der Waals surface area contributed by atoms with E-state index >= 15 is 0 Å². The van der Waals surface area contributed by atoms with Crippen LogP contribution in [0.3, 0.4) is 0 Å². The van der Waals surface area contributed by atoms with Gasteiger partial charge in [-0.05, 0) is 62.8 Å². The molecule has 2 heterocycles. The van der Waals surface area contributed by atoms with Crippen LogP contribution in [0.15, 0.2) is 0 Å². The molecule has 1 saturated carbocycles. The van der Waals surface area contributed by atoms with Gasteiger partial charge in [-0.1, -0.05) is 13.8 Å². The van der Waals surface area contributed by atoms with Gasteiger partial charge in [0, 0.05) is 26.2 Å². The van der Waals surface area contributed by atoms with Crippen LogP contribution in [0.1, 0.15) is 58.8 Å². The fourth-order valence-corrected chi connectivity index (χ4v) is 4.38. The predicted octanol–water partition coefficient (Wildman–Crippen LogP) is 3.47. The average molecular weight is 331 g/mol. The normalized spacial score (nSPS) is 37.9. The first-order chi connectivity index (χ1) is 10.1. The summed E-state index contributed by atoms with van der Waals surface area (Å²) in [6, 6.07) is 0. The lowest BCUT2D eigenvalue weighted by Crippen LogP contribution is -2.44. The van der Waals surface area contributed by atoms with Gasteiger partial charge in [0.15, 0.2) is 0 Å². The second kappa shape index (κ2) is 8.32. The Morgan fingerprint density at radius 3 is 2.27 bits per heavy atom. The van der Waals surface area contributed by atoms with E-state index in [9.17, 15) is 0 Å². The lowest BCUT2D eigenvalue weighted by molar-refractivity contribution is -0.0626. The van der Waals surface area contributed by atoms with Crippen LogP contribution in [-0.2, 0) is 4.74 Å². The summed E-state index contributed by atoms with van der Waals surface area (Å²) in [6.07, 6.45) is 10.3. The van der Waals surface area contributed by atoms with Crippen LogP contribution in [0.25, 0.3) is 0 Å². The highest BCUT2D eigenvalue weighted by Gasteiger charge is 2.32. The Kier molecular flexibility index (Phi) is 7.00. The molecule has 3 fully saturated rings. The smallest absolute Gasteiger partial charge is 0.0603 e. The predicted molar refractivity (Wildman–Crippen MR) is 94.8 cm³/mol. The zero-order valence-corrected chi connectivity index (χ0v) is 15.3. The Labute approximate surface area is 143 Å². The van der Waals surface area contributed by atoms with E-state index in [1.165, 1.54) is 77.7 Å². The van der Waals surface area contributed by atoms with Crippen LogP contribution in [0.4, 0.5) is 0 Å². The first-order valence-corrected chi connectivity index (χ1v) is 9.21. The van der Waals surface area contributed by atoms with E-state index in [4.69, 9.17) is 4.74 Å². The largest absolute Gasteiger partial charge is 0.375 e. The monoisotopic (exact) mass is 330 g/mol. The number of nitrogens with one attached hydrogen (secondary N) is 1. The zero-order chi connectivity index (χ0) is 14.7. The van der Waals surface area contributed by atoms with Gasteiger partial charge in [0.25, 0.3) is 0 Å². The molecule has 2 saturated heterocycles. The Bertz CT molecular complexity index is 317. The molecule has 4 heteroatoms. The van der Waals surface area contributed by atoms with E-state index < -0.39 is 0 Å². The summed E-state index contributed by atoms with van der Waals surface area (Å²) in [5, 5.41) is 3.52. The SMILES string of the molecule is CC1CCC(OC2CCN(CC3(C)CCNC3)CC2)CC1.Cl. The second-order valence-electron chi connectivity index (χ2n) is 8.23. The van der Waals surface area contributed by atoms with Crippen LogP contribution in [0, 0.1) is 11.3 Å². The number of hydrogen-bond acceptors (Lipinski definition) is 3. The quantitative estimate of drug-likeness (QED) is 0.854. The van der Waals surface area contributed by atoms with Crippen LogP contribution in [0.5, 0.6) is 0 Å². The van der Waals surface area contributed by atoms with Gasteiger partial charge in [0.2, 0.25) is 0 Å². The molecule has 0 bridgehead atoms. The number of piperidine rings is 1. The van der Waals surface area contributed by atoms with Crippen LogP contribution >= 0.6 is 12.4 Å². The molecule has 1 N–H and O–H groups in total. The lowest BCUT2D eigenvalue weighted by atomic mass is 9.88. The molecule has 1 atom stereocenters. The topological polar surface area (TPSA) is 24.5 Å². The molecule has 2 aliphatic heterocycles. The Morgan fingerprint density at radius 1 is 1.05 bits per heavy atom. The molecule has 3 aliphatic rings. The molecular weight excluding hydrogens is 296 g/mol. The van der Waals surface area contributed by atoms with Crippen molar-refractivity contribution in [3.8, 4) is 0 Å². The molecule has 0 aromatic rings. The third-order valence-electron chi connectivity index (χ3n) is 5.94. The van der Waals surface area contributed by atoms with E-state index in [0.717, 1.165) is 5.92 Å². The number of likely N-dealkylation sites (tertiary alicyclic amines) is 1. The third-order valence-corrected chi connectivity index (χ3v) is 5.94. The maximum absolute atomic E-state index is 6.39. The molecule has 0 amide bonds. The summed E-state index contributed by atoms with van der Waals surface area (Å²) in [7, 11) is 0. The summed E-state index contributed by atoms with van der Waals surface area (Å²) in [6.45, 7) is 11.0. The highest BCUT2D eigenvalue weighted by atomic mass is 35.5. The zero-order valence-electron chi connectivity index (χ0n) is 14.5. The Morgan fingerprint density at radius 2 is 1.68 bits per heavy atom. The minimum atomic E-state index is 0. The molecule has 130 valence electrons. The van der Waals surface area contributed by atoms with Gasteiger partial charge in [-0.15, -0.1) is 12.4 Å². The minimum absolute atomic E-state index is 0. The number of ether oxygens (including phenoxy) is 1. The van der Waals surface area contributed by atoms with Gasteiger partial charge in [0.1, 0.15) is 0 Å². The van der Waals surface area contributed by atoms with E-state index in [1.807, 2.05) is 0 Å². The number of halogens is 1. The third kappa shape index (κ3) is 5.09. The highest BCUT2D eigenvalue weighted by Crippen LogP contribution is 2.30. The standard InChI is InChI=1S/C18H34N2O.ClH/c1-15-3-5-16(6-4-15)21-17-7-11-20(12-8-17)14-18(2)9-10-19-13-18;/h15-17,19H,3-14H2,1-2H3;1H. The van der Waals surface area contributed by atoms with Crippen molar-refractivity contribution < 1.29 is 4.74 Å². The molecular formula is C18H35ClN2O. The van der Waals surface area contributed by atoms with E-state index in [0.29, 0.717) is 17.6 Å². The molecule has 1 aliphatic carbocycles. The van der Waals surface area contributed by atoms with Crippen molar-refractivity contribution in [1.29, 1.82) is 0 Å². The maximum Gasteiger partial charge on any atom is 0.0603 e. The van der Waals surface area contributed by atoms with Gasteiger partial charge >= 0.3 is 0 Å². The van der Waals surface area contributed by atoms with Crippen molar-refractivity contribution in [3.05, 3.63) is 0 Å². The van der Waals surface area contributed by atoms with Crippen molar-refractivity contribution in [2.24, 2.45) is 11.3 Å². The molecule has 0 aromatic heterocycles. The van der Waals surface area contributed by atoms with Crippen molar-refractivity contribution >= 4 is 12.4 Å². The van der Waals surface area contributed by atoms with E-state index in [1.54, 1.807) is 0 Å². The molecule has 0 spiro atoms. The highest BCUT2D eigenvalue weighted by molar-refractivity contribution is 5.85. The summed E-state index contributed by atoms with van der Waals surface area (Å²) < 4.78 is 6.39. The van der Waals surface area contributed by atoms with Crippen molar-refractivity contribution in [1.82, 2.24) is 10.2 Å². The number of nitrogens with zero attached hydrogens (tertiary/aromatic N) is 1. The second-order valence-corrected chi connectivity index (χ2v) is 8.23. The van der Waals surface area contributed by atoms with E-state index in [-0.39, 0.29) is 12.4 Å². The van der Waals surface area contributed by atoms with Crippen molar-refractivity contribution in [3.63, 3.8) is 0 Å². The molecule has 3 nitrogen and oxygen atoms in total. The molecule has 0 radical (unpaired) electrons. The summed E-state index contributed by atoms with van der Waals surface area (Å²) in [5.74, 6) is 0.924. The first kappa shape index (κ1) is 18.5. The molecule has 22 heavy (non-hydrogen) atoms. The van der Waals surface area contributed by atoms with Crippen LogP contribution in [-0.4, -0.2) is 49.8 Å². The van der Waals surface area contributed by atoms with Gasteiger partial charge in [-0.25, -0.2) is 0 Å². The van der Waals surface area contributed by atoms with Crippen LogP contribution in [0.2, 0.25) is 0 Å². The van der Waals surface area contributed by atoms with Crippen LogP contribution < -0.4 is 5.32 Å². The van der Waals surface area contributed by atoms with Crippen molar-refractivity contribution in [2.75, 3.05) is 32.7 Å². The first-order valence-electron chi connectivity index (χ1n) is 9.21. The lowest BCUT2D eigenvalue weighted by Gasteiger charge is -2.38. The molecule has 3 rings (SSSR count). The number of rotatable bonds is 4. The van der Waals surface area contributed by atoms with Crippen molar-refractivity contribution in [2.45, 2.75) is 71.0 Å². The average Bonchev–Trinajstić information content (AvgIpc) is 2.90. The summed E-state index contributed by atoms with van der Waals surface area (Å²) >= 11 is 0. The van der Waals surface area contributed by atoms with Gasteiger partial charge in [-0.2, -0.15) is 0 Å².